The lowest BCUT2D eigenvalue weighted by molar-refractivity contribution is -0.137. The van der Waals surface area contributed by atoms with E-state index in [0.717, 1.165) is 23.4 Å². The van der Waals surface area contributed by atoms with Crippen LogP contribution in [-0.2, 0) is 32.7 Å². The molecule has 1 saturated heterocycles. The molecule has 154 valence electrons. The summed E-state index contributed by atoms with van der Waals surface area (Å²) in [4.78, 5) is 19.8. The third-order valence-electron chi connectivity index (χ3n) is 5.21. The summed E-state index contributed by atoms with van der Waals surface area (Å²) < 4.78 is 48.6. The average Bonchev–Trinajstić information content (AvgIpc) is 3.23. The zero-order valence-electron chi connectivity index (χ0n) is 15.5. The Labute approximate surface area is 165 Å². The number of amides is 1. The highest BCUT2D eigenvalue weighted by Gasteiger charge is 2.56. The summed E-state index contributed by atoms with van der Waals surface area (Å²) in [6.07, 6.45) is -5.07. The van der Waals surface area contributed by atoms with Gasteiger partial charge in [0.2, 0.25) is 0 Å². The van der Waals surface area contributed by atoms with Crippen molar-refractivity contribution < 1.29 is 32.3 Å². The Hall–Kier alpha value is -2.78. The van der Waals surface area contributed by atoms with E-state index in [2.05, 4.69) is 5.48 Å². The highest BCUT2D eigenvalue weighted by atomic mass is 19.4. The van der Waals surface area contributed by atoms with E-state index in [0.29, 0.717) is 18.6 Å². The first-order chi connectivity index (χ1) is 13.8. The first-order valence-electron chi connectivity index (χ1n) is 9.02. The van der Waals surface area contributed by atoms with Gasteiger partial charge in [-0.1, -0.05) is 30.3 Å². The van der Waals surface area contributed by atoms with Gasteiger partial charge in [0, 0.05) is 24.7 Å². The van der Waals surface area contributed by atoms with Crippen molar-refractivity contribution in [1.82, 2.24) is 5.48 Å². The van der Waals surface area contributed by atoms with Crippen molar-refractivity contribution in [3.8, 4) is 0 Å². The zero-order valence-corrected chi connectivity index (χ0v) is 15.5. The van der Waals surface area contributed by atoms with Crippen LogP contribution in [0.25, 0.3) is 0 Å². The number of likely N-dealkylation sites (N-methyl/N-ethyl adjacent to an activating group) is 1. The molecule has 0 saturated carbocycles. The van der Waals surface area contributed by atoms with E-state index >= 15 is 0 Å². The SMILES string of the molecule is CN1c2ccccc2C2(ONC(=O)OCc3ccc(C(F)(F)F)cc3)CCOC12. The number of hydroxylamine groups is 1. The molecule has 0 bridgehead atoms. The molecule has 2 atom stereocenters. The fourth-order valence-electron chi connectivity index (χ4n) is 3.80. The van der Waals surface area contributed by atoms with Crippen LogP contribution in [-0.4, -0.2) is 26.0 Å². The minimum Gasteiger partial charge on any atom is -0.443 e. The summed E-state index contributed by atoms with van der Waals surface area (Å²) in [5.41, 5.74) is 2.99. The standard InChI is InChI=1S/C20H19F3N2O4/c1-25-16-5-3-2-4-15(16)19(10-11-27-17(19)25)29-24-18(26)28-12-13-6-8-14(9-7-13)20(21,22)23/h2-9,17H,10-12H2,1H3,(H,24,26). The maximum Gasteiger partial charge on any atom is 0.431 e. The number of carbonyl (C=O) groups excluding carboxylic acids is 1. The van der Waals surface area contributed by atoms with Gasteiger partial charge in [0.15, 0.2) is 11.8 Å². The molecule has 9 heteroatoms. The van der Waals surface area contributed by atoms with Crippen LogP contribution in [0.4, 0.5) is 23.7 Å². The fraction of sp³-hybridized carbons (Fsp3) is 0.350. The van der Waals surface area contributed by atoms with Crippen LogP contribution in [0, 0.1) is 0 Å². The van der Waals surface area contributed by atoms with E-state index in [1.54, 1.807) is 0 Å². The Balaban J connectivity index is 1.37. The van der Waals surface area contributed by atoms with Crippen LogP contribution in [0.1, 0.15) is 23.1 Å². The summed E-state index contributed by atoms with van der Waals surface area (Å²) in [7, 11) is 1.89. The van der Waals surface area contributed by atoms with Crippen molar-refractivity contribution in [2.75, 3.05) is 18.6 Å². The number of hydrogen-bond donors (Lipinski definition) is 1. The van der Waals surface area contributed by atoms with E-state index in [9.17, 15) is 18.0 Å². The monoisotopic (exact) mass is 408 g/mol. The number of alkyl halides is 3. The molecule has 0 aromatic heterocycles. The minimum absolute atomic E-state index is 0.184. The molecule has 2 heterocycles. The van der Waals surface area contributed by atoms with Crippen molar-refractivity contribution in [3.63, 3.8) is 0 Å². The van der Waals surface area contributed by atoms with Gasteiger partial charge in [0.05, 0.1) is 12.2 Å². The van der Waals surface area contributed by atoms with Gasteiger partial charge in [-0.25, -0.2) is 4.79 Å². The Morgan fingerprint density at radius 1 is 1.24 bits per heavy atom. The Kier molecular flexibility index (Phi) is 4.87. The zero-order chi connectivity index (χ0) is 20.6. The van der Waals surface area contributed by atoms with Crippen molar-refractivity contribution in [3.05, 3.63) is 65.2 Å². The number of anilines is 1. The predicted octanol–water partition coefficient (Wildman–Crippen LogP) is 3.95. The topological polar surface area (TPSA) is 60.0 Å². The van der Waals surface area contributed by atoms with Gasteiger partial charge in [-0.05, 0) is 23.8 Å². The Morgan fingerprint density at radius 3 is 2.69 bits per heavy atom. The molecule has 1 fully saturated rings. The second-order valence-corrected chi connectivity index (χ2v) is 6.97. The molecule has 29 heavy (non-hydrogen) atoms. The third-order valence-corrected chi connectivity index (χ3v) is 5.21. The Bertz CT molecular complexity index is 903. The van der Waals surface area contributed by atoms with Crippen LogP contribution in [0.15, 0.2) is 48.5 Å². The number of hydrogen-bond acceptors (Lipinski definition) is 5. The maximum atomic E-state index is 12.6. The number of carbonyl (C=O) groups is 1. The van der Waals surface area contributed by atoms with Gasteiger partial charge in [-0.2, -0.15) is 18.7 Å². The highest BCUT2D eigenvalue weighted by Crippen LogP contribution is 2.50. The smallest absolute Gasteiger partial charge is 0.431 e. The van der Waals surface area contributed by atoms with Crippen LogP contribution < -0.4 is 10.4 Å². The molecule has 2 aromatic carbocycles. The molecular formula is C20H19F3N2O4. The molecule has 2 aliphatic rings. The molecule has 1 amide bonds. The average molecular weight is 408 g/mol. The number of halogens is 3. The molecule has 6 nitrogen and oxygen atoms in total. The van der Waals surface area contributed by atoms with Crippen molar-refractivity contribution in [1.29, 1.82) is 0 Å². The lowest BCUT2D eigenvalue weighted by Crippen LogP contribution is -2.46. The number of benzene rings is 2. The molecule has 0 aliphatic carbocycles. The lowest BCUT2D eigenvalue weighted by atomic mass is 9.93. The number of rotatable bonds is 4. The molecule has 0 radical (unpaired) electrons. The van der Waals surface area contributed by atoms with Crippen molar-refractivity contribution in [2.24, 2.45) is 0 Å². The normalized spacial score (nSPS) is 22.9. The van der Waals surface area contributed by atoms with E-state index < -0.39 is 23.4 Å². The quantitative estimate of drug-likeness (QED) is 0.777. The lowest BCUT2D eigenvalue weighted by Gasteiger charge is -2.29. The minimum atomic E-state index is -4.41. The largest absolute Gasteiger partial charge is 0.443 e. The molecule has 2 aromatic rings. The fourth-order valence-corrected chi connectivity index (χ4v) is 3.80. The number of fused-ring (bicyclic) bond motifs is 3. The van der Waals surface area contributed by atoms with Crippen LogP contribution in [0.5, 0.6) is 0 Å². The maximum absolute atomic E-state index is 12.6. The van der Waals surface area contributed by atoms with Gasteiger partial charge in [-0.15, -0.1) is 0 Å². The summed E-state index contributed by atoms with van der Waals surface area (Å²) >= 11 is 0. The summed E-state index contributed by atoms with van der Waals surface area (Å²) in [6.45, 7) is 0.294. The van der Waals surface area contributed by atoms with Crippen molar-refractivity contribution in [2.45, 2.75) is 31.0 Å². The molecule has 0 spiro atoms. The van der Waals surface area contributed by atoms with E-state index in [1.807, 2.05) is 36.2 Å². The second-order valence-electron chi connectivity index (χ2n) is 6.97. The van der Waals surface area contributed by atoms with Gasteiger partial charge in [-0.3, -0.25) is 4.84 Å². The second kappa shape index (κ2) is 7.23. The molecule has 4 rings (SSSR count). The first kappa shape index (κ1) is 19.5. The van der Waals surface area contributed by atoms with Crippen LogP contribution in [0.2, 0.25) is 0 Å². The van der Waals surface area contributed by atoms with Crippen LogP contribution >= 0.6 is 0 Å². The number of nitrogens with zero attached hydrogens (tertiary/aromatic N) is 1. The van der Waals surface area contributed by atoms with Crippen LogP contribution in [0.3, 0.4) is 0 Å². The Morgan fingerprint density at radius 2 is 1.97 bits per heavy atom. The number of nitrogens with one attached hydrogen (secondary N) is 1. The third kappa shape index (κ3) is 3.51. The van der Waals surface area contributed by atoms with E-state index in [-0.39, 0.29) is 12.8 Å². The molecule has 2 aliphatic heterocycles. The summed E-state index contributed by atoms with van der Waals surface area (Å²) in [6, 6.07) is 12.1. The number of ether oxygens (including phenoxy) is 2. The molecular weight excluding hydrogens is 389 g/mol. The highest BCUT2D eigenvalue weighted by molar-refractivity contribution is 5.66. The van der Waals surface area contributed by atoms with E-state index in [1.165, 1.54) is 12.1 Å². The number of para-hydroxylation sites is 1. The van der Waals surface area contributed by atoms with Gasteiger partial charge in [0.1, 0.15) is 6.61 Å². The van der Waals surface area contributed by atoms with Gasteiger partial charge in [0.25, 0.3) is 0 Å². The predicted molar refractivity (Wildman–Crippen MR) is 96.7 cm³/mol. The summed E-state index contributed by atoms with van der Waals surface area (Å²) in [5.74, 6) is 0. The van der Waals surface area contributed by atoms with Gasteiger partial charge >= 0.3 is 12.3 Å². The molecule has 2 unspecified atom stereocenters. The first-order valence-corrected chi connectivity index (χ1v) is 9.02. The summed E-state index contributed by atoms with van der Waals surface area (Å²) in [5, 5.41) is 0. The van der Waals surface area contributed by atoms with E-state index in [4.69, 9.17) is 14.3 Å². The van der Waals surface area contributed by atoms with Gasteiger partial charge < -0.3 is 14.4 Å². The molecule has 1 N–H and O–H groups in total. The van der Waals surface area contributed by atoms with Crippen molar-refractivity contribution >= 4 is 11.8 Å².